The van der Waals surface area contributed by atoms with Gasteiger partial charge in [0.2, 0.25) is 5.91 Å². The molecule has 1 heterocycles. The van der Waals surface area contributed by atoms with Gasteiger partial charge in [-0.15, -0.1) is 0 Å². The number of carbonyl (C=O) groups is 1. The van der Waals surface area contributed by atoms with Gasteiger partial charge in [0.15, 0.2) is 0 Å². The molecule has 2 aromatic rings. The average molecular weight is 398 g/mol. The summed E-state index contributed by atoms with van der Waals surface area (Å²) in [6.45, 7) is 4.08. The highest BCUT2D eigenvalue weighted by Gasteiger charge is 2.12. The fourth-order valence-electron chi connectivity index (χ4n) is 2.42. The van der Waals surface area contributed by atoms with E-state index in [1.807, 2.05) is 6.92 Å². The van der Waals surface area contributed by atoms with Crippen LogP contribution in [0.15, 0.2) is 30.3 Å². The first-order chi connectivity index (χ1) is 12.8. The molecule has 0 aliphatic carbocycles. The Bertz CT molecular complexity index is 802. The molecule has 0 atom stereocenters. The van der Waals surface area contributed by atoms with Crippen LogP contribution in [0.5, 0.6) is 5.75 Å². The Morgan fingerprint density at radius 3 is 2.59 bits per heavy atom. The number of halogens is 3. The molecule has 0 saturated carbocycles. The van der Waals surface area contributed by atoms with Crippen molar-refractivity contribution >= 4 is 23.6 Å². The van der Waals surface area contributed by atoms with E-state index < -0.39 is 6.61 Å². The lowest BCUT2D eigenvalue weighted by Crippen LogP contribution is -2.20. The first kappa shape index (κ1) is 20.9. The predicted molar refractivity (Wildman–Crippen MR) is 101 cm³/mol. The number of nitrogens with zero attached hydrogens (tertiary/aromatic N) is 2. The Balaban J connectivity index is 1.93. The molecule has 1 amide bonds. The van der Waals surface area contributed by atoms with E-state index in [0.29, 0.717) is 23.2 Å². The summed E-state index contributed by atoms with van der Waals surface area (Å²) in [5.74, 6) is 0.179. The Morgan fingerprint density at radius 1 is 1.33 bits per heavy atom. The van der Waals surface area contributed by atoms with E-state index in [9.17, 15) is 13.6 Å². The third-order valence-electron chi connectivity index (χ3n) is 3.66. The highest BCUT2D eigenvalue weighted by Crippen LogP contribution is 2.22. The molecule has 1 aromatic heterocycles. The molecular weight excluding hydrogens is 376 g/mol. The molecule has 8 heteroatoms. The smallest absolute Gasteiger partial charge is 0.387 e. The van der Waals surface area contributed by atoms with Crippen LogP contribution < -0.4 is 10.1 Å². The summed E-state index contributed by atoms with van der Waals surface area (Å²) < 4.78 is 30.2. The number of alkyl halides is 2. The Hall–Kier alpha value is -2.41. The number of amides is 1. The van der Waals surface area contributed by atoms with Crippen LogP contribution in [0.2, 0.25) is 5.15 Å². The van der Waals surface area contributed by atoms with Crippen LogP contribution in [0.4, 0.5) is 8.78 Å². The van der Waals surface area contributed by atoms with E-state index in [4.69, 9.17) is 11.6 Å². The number of aryl methyl sites for hydroxylation is 1. The summed E-state index contributed by atoms with van der Waals surface area (Å²) in [6, 6.07) is 6.07. The van der Waals surface area contributed by atoms with Crippen molar-refractivity contribution in [2.45, 2.75) is 40.5 Å². The fraction of sp³-hybridized carbons (Fsp3) is 0.368. The number of aromatic nitrogens is 2. The predicted octanol–water partition coefficient (Wildman–Crippen LogP) is 4.43. The third kappa shape index (κ3) is 6.36. The molecule has 0 radical (unpaired) electrons. The van der Waals surface area contributed by atoms with Gasteiger partial charge in [0.05, 0.1) is 5.69 Å². The van der Waals surface area contributed by atoms with E-state index in [2.05, 4.69) is 29.0 Å². The average Bonchev–Trinajstić information content (AvgIpc) is 2.84. The zero-order valence-corrected chi connectivity index (χ0v) is 16.1. The van der Waals surface area contributed by atoms with Crippen LogP contribution in [0.25, 0.3) is 6.08 Å². The highest BCUT2D eigenvalue weighted by molar-refractivity contribution is 6.31. The molecule has 5 nitrogen and oxygen atoms in total. The summed E-state index contributed by atoms with van der Waals surface area (Å²) in [6.07, 6.45) is 3.03. The van der Waals surface area contributed by atoms with E-state index in [1.54, 1.807) is 22.9 Å². The molecule has 0 aliphatic rings. The lowest BCUT2D eigenvalue weighted by atomic mass is 10.2. The third-order valence-corrected chi connectivity index (χ3v) is 4.06. The molecule has 2 rings (SSSR count). The Morgan fingerprint density at radius 2 is 2.00 bits per heavy atom. The minimum absolute atomic E-state index is 0.0727. The second-order valence-electron chi connectivity index (χ2n) is 6.44. The van der Waals surface area contributed by atoms with Crippen LogP contribution in [0, 0.1) is 12.8 Å². The normalized spacial score (nSPS) is 11.6. The van der Waals surface area contributed by atoms with Gasteiger partial charge in [0.25, 0.3) is 0 Å². The standard InChI is InChI=1S/C19H22ClF2N3O2/c1-12(2)11-25-18(20)16(13(3)24-25)8-9-17(26)23-10-14-4-6-15(7-5-14)27-19(21)22/h4-9,12,19H,10-11H2,1-3H3,(H,23,26)/b9-8+. The molecule has 0 fully saturated rings. The summed E-state index contributed by atoms with van der Waals surface area (Å²) in [7, 11) is 0. The van der Waals surface area contributed by atoms with Crippen molar-refractivity contribution in [3.63, 3.8) is 0 Å². The number of carbonyl (C=O) groups excluding carboxylic acids is 1. The van der Waals surface area contributed by atoms with Gasteiger partial charge in [-0.25, -0.2) is 0 Å². The zero-order chi connectivity index (χ0) is 20.0. The molecular formula is C19H22ClF2N3O2. The van der Waals surface area contributed by atoms with Crippen LogP contribution in [-0.2, 0) is 17.9 Å². The minimum atomic E-state index is -2.86. The number of ether oxygens (including phenoxy) is 1. The topological polar surface area (TPSA) is 56.2 Å². The van der Waals surface area contributed by atoms with Crippen molar-refractivity contribution < 1.29 is 18.3 Å². The highest BCUT2D eigenvalue weighted by atomic mass is 35.5. The van der Waals surface area contributed by atoms with E-state index in [1.165, 1.54) is 18.2 Å². The molecule has 1 aromatic carbocycles. The van der Waals surface area contributed by atoms with Crippen LogP contribution in [0.3, 0.4) is 0 Å². The second kappa shape index (κ2) is 9.50. The lowest BCUT2D eigenvalue weighted by Gasteiger charge is -2.06. The summed E-state index contributed by atoms with van der Waals surface area (Å²) in [4.78, 5) is 12.0. The number of hydrogen-bond donors (Lipinski definition) is 1. The van der Waals surface area contributed by atoms with Crippen LogP contribution in [0.1, 0.15) is 30.7 Å². The monoisotopic (exact) mass is 397 g/mol. The maximum atomic E-state index is 12.1. The molecule has 0 aliphatic heterocycles. The van der Waals surface area contributed by atoms with Crippen molar-refractivity contribution in [3.05, 3.63) is 52.3 Å². The molecule has 0 saturated heterocycles. The van der Waals surface area contributed by atoms with Crippen molar-refractivity contribution in [1.82, 2.24) is 15.1 Å². The van der Waals surface area contributed by atoms with E-state index in [-0.39, 0.29) is 18.2 Å². The largest absolute Gasteiger partial charge is 0.435 e. The SMILES string of the molecule is Cc1nn(CC(C)C)c(Cl)c1/C=C/C(=O)NCc1ccc(OC(F)F)cc1. The van der Waals surface area contributed by atoms with Gasteiger partial charge >= 0.3 is 6.61 Å². The fourth-order valence-corrected chi connectivity index (χ4v) is 2.73. The van der Waals surface area contributed by atoms with Gasteiger partial charge in [0, 0.05) is 24.7 Å². The molecule has 0 unspecified atom stereocenters. The van der Waals surface area contributed by atoms with Gasteiger partial charge in [-0.3, -0.25) is 9.48 Å². The number of rotatable bonds is 8. The Kier molecular flexibility index (Phi) is 7.36. The van der Waals surface area contributed by atoms with Gasteiger partial charge in [0.1, 0.15) is 10.9 Å². The Labute approximate surface area is 162 Å². The molecule has 0 bridgehead atoms. The molecule has 146 valence electrons. The van der Waals surface area contributed by atoms with Gasteiger partial charge < -0.3 is 10.1 Å². The minimum Gasteiger partial charge on any atom is -0.435 e. The summed E-state index contributed by atoms with van der Waals surface area (Å²) in [5.41, 5.74) is 2.22. The number of hydrogen-bond acceptors (Lipinski definition) is 3. The number of nitrogens with one attached hydrogen (secondary N) is 1. The first-order valence-corrected chi connectivity index (χ1v) is 8.86. The van der Waals surface area contributed by atoms with Gasteiger partial charge in [-0.1, -0.05) is 37.6 Å². The van der Waals surface area contributed by atoms with Crippen molar-refractivity contribution in [2.24, 2.45) is 5.92 Å². The lowest BCUT2D eigenvalue weighted by molar-refractivity contribution is -0.116. The molecule has 27 heavy (non-hydrogen) atoms. The van der Waals surface area contributed by atoms with E-state index in [0.717, 1.165) is 11.3 Å². The maximum absolute atomic E-state index is 12.1. The first-order valence-electron chi connectivity index (χ1n) is 8.48. The van der Waals surface area contributed by atoms with Crippen molar-refractivity contribution in [1.29, 1.82) is 0 Å². The van der Waals surface area contributed by atoms with Crippen molar-refractivity contribution in [3.8, 4) is 5.75 Å². The van der Waals surface area contributed by atoms with Gasteiger partial charge in [-0.2, -0.15) is 13.9 Å². The summed E-state index contributed by atoms with van der Waals surface area (Å²) >= 11 is 6.33. The second-order valence-corrected chi connectivity index (χ2v) is 6.80. The molecule has 0 spiro atoms. The molecule has 1 N–H and O–H groups in total. The van der Waals surface area contributed by atoms with Crippen LogP contribution in [-0.4, -0.2) is 22.3 Å². The van der Waals surface area contributed by atoms with Gasteiger partial charge in [-0.05, 0) is 36.6 Å². The summed E-state index contributed by atoms with van der Waals surface area (Å²) in [5, 5.41) is 7.61. The van der Waals surface area contributed by atoms with E-state index >= 15 is 0 Å². The quantitative estimate of drug-likeness (QED) is 0.670. The maximum Gasteiger partial charge on any atom is 0.387 e. The number of benzene rings is 1. The van der Waals surface area contributed by atoms with Crippen molar-refractivity contribution in [2.75, 3.05) is 0 Å². The van der Waals surface area contributed by atoms with Crippen LogP contribution >= 0.6 is 11.6 Å². The zero-order valence-electron chi connectivity index (χ0n) is 15.4.